The van der Waals surface area contributed by atoms with E-state index >= 15 is 0 Å². The minimum absolute atomic E-state index is 0.204. The summed E-state index contributed by atoms with van der Waals surface area (Å²) < 4.78 is 1.82. The van der Waals surface area contributed by atoms with Gasteiger partial charge in [0.15, 0.2) is 0 Å². The molecule has 0 aromatic carbocycles. The van der Waals surface area contributed by atoms with E-state index in [1.54, 1.807) is 11.3 Å². The number of rotatable bonds is 5. The zero-order valence-electron chi connectivity index (χ0n) is 11.1. The highest BCUT2D eigenvalue weighted by Gasteiger charge is 2.22. The third kappa shape index (κ3) is 2.63. The molecule has 0 bridgehead atoms. The van der Waals surface area contributed by atoms with Crippen LogP contribution < -0.4 is 5.73 Å². The second-order valence-corrected chi connectivity index (χ2v) is 5.53. The first kappa shape index (κ1) is 13.3. The molecule has 2 aromatic rings. The first-order chi connectivity index (χ1) is 8.63. The largest absolute Gasteiger partial charge is 0.329 e. The van der Waals surface area contributed by atoms with Gasteiger partial charge in [0.1, 0.15) is 0 Å². The average molecular weight is 264 g/mol. The molecule has 0 amide bonds. The van der Waals surface area contributed by atoms with Crippen molar-refractivity contribution in [3.63, 3.8) is 0 Å². The van der Waals surface area contributed by atoms with Gasteiger partial charge in [-0.15, -0.1) is 11.3 Å². The molecular weight excluding hydrogens is 244 g/mol. The molecule has 2 heterocycles. The number of nitrogens with zero attached hydrogens (tertiary/aromatic N) is 3. The van der Waals surface area contributed by atoms with Crippen LogP contribution in [0, 0.1) is 0 Å². The van der Waals surface area contributed by atoms with E-state index in [1.807, 2.05) is 24.1 Å². The van der Waals surface area contributed by atoms with E-state index in [2.05, 4.69) is 41.5 Å². The first-order valence-corrected chi connectivity index (χ1v) is 6.95. The summed E-state index contributed by atoms with van der Waals surface area (Å²) >= 11 is 1.78. The molecule has 2 unspecified atom stereocenters. The molecule has 98 valence electrons. The lowest BCUT2D eigenvalue weighted by Gasteiger charge is -2.31. The molecule has 0 aliphatic rings. The van der Waals surface area contributed by atoms with Gasteiger partial charge in [0.2, 0.25) is 0 Å². The number of likely N-dealkylation sites (N-methyl/N-ethyl adjacent to an activating group) is 1. The molecule has 0 spiro atoms. The van der Waals surface area contributed by atoms with Gasteiger partial charge >= 0.3 is 0 Å². The molecule has 0 fully saturated rings. The molecule has 0 saturated carbocycles. The quantitative estimate of drug-likeness (QED) is 0.900. The molecule has 18 heavy (non-hydrogen) atoms. The van der Waals surface area contributed by atoms with Crippen LogP contribution in [0.2, 0.25) is 0 Å². The fourth-order valence-corrected chi connectivity index (χ4v) is 2.98. The Labute approximate surface area is 112 Å². The van der Waals surface area contributed by atoms with Crippen LogP contribution in [0.5, 0.6) is 0 Å². The predicted molar refractivity (Wildman–Crippen MR) is 75.5 cm³/mol. The summed E-state index contributed by atoms with van der Waals surface area (Å²) in [6.45, 7) is 2.81. The molecule has 4 nitrogen and oxygen atoms in total. The van der Waals surface area contributed by atoms with E-state index < -0.39 is 0 Å². The summed E-state index contributed by atoms with van der Waals surface area (Å²) in [7, 11) is 4.05. The Bertz CT molecular complexity index is 477. The van der Waals surface area contributed by atoms with Crippen molar-refractivity contribution >= 4 is 11.3 Å². The average Bonchev–Trinajstić information content (AvgIpc) is 3.00. The van der Waals surface area contributed by atoms with Crippen LogP contribution >= 0.6 is 11.3 Å². The smallest absolute Gasteiger partial charge is 0.0538 e. The highest BCUT2D eigenvalue weighted by molar-refractivity contribution is 7.10. The van der Waals surface area contributed by atoms with Gasteiger partial charge in [-0.3, -0.25) is 9.58 Å². The third-order valence-electron chi connectivity index (χ3n) is 3.39. The monoisotopic (exact) mass is 264 g/mol. The molecule has 0 aliphatic heterocycles. The molecule has 0 aliphatic carbocycles. The summed E-state index contributed by atoms with van der Waals surface area (Å²) in [5.74, 6) is 0. The molecular formula is C13H20N4S. The van der Waals surface area contributed by atoms with Gasteiger partial charge < -0.3 is 5.73 Å². The number of aromatic nitrogens is 2. The second kappa shape index (κ2) is 5.65. The number of thiophene rings is 1. The Morgan fingerprint density at radius 3 is 2.83 bits per heavy atom. The Kier molecular flexibility index (Phi) is 4.16. The normalized spacial score (nSPS) is 14.9. The zero-order valence-corrected chi connectivity index (χ0v) is 11.9. The van der Waals surface area contributed by atoms with Crippen LogP contribution in [0.3, 0.4) is 0 Å². The van der Waals surface area contributed by atoms with Crippen molar-refractivity contribution in [2.75, 3.05) is 13.6 Å². The number of hydrogen-bond donors (Lipinski definition) is 1. The van der Waals surface area contributed by atoms with Gasteiger partial charge in [0.25, 0.3) is 0 Å². The summed E-state index contributed by atoms with van der Waals surface area (Å²) in [5.41, 5.74) is 7.10. The Balaban J connectivity index is 2.17. The van der Waals surface area contributed by atoms with Gasteiger partial charge in [-0.2, -0.15) is 5.10 Å². The fourth-order valence-electron chi connectivity index (χ4n) is 2.15. The van der Waals surface area contributed by atoms with Crippen LogP contribution in [0.4, 0.5) is 0 Å². The van der Waals surface area contributed by atoms with Gasteiger partial charge in [0, 0.05) is 36.3 Å². The van der Waals surface area contributed by atoms with Crippen molar-refractivity contribution in [2.24, 2.45) is 12.8 Å². The van der Waals surface area contributed by atoms with Crippen molar-refractivity contribution in [2.45, 2.75) is 19.0 Å². The lowest BCUT2D eigenvalue weighted by atomic mass is 10.1. The highest BCUT2D eigenvalue weighted by Crippen LogP contribution is 2.30. The van der Waals surface area contributed by atoms with Crippen molar-refractivity contribution < 1.29 is 0 Å². The molecule has 2 atom stereocenters. The van der Waals surface area contributed by atoms with Gasteiger partial charge in [-0.05, 0) is 25.4 Å². The molecule has 0 radical (unpaired) electrons. The zero-order chi connectivity index (χ0) is 13.1. The van der Waals surface area contributed by atoms with E-state index in [4.69, 9.17) is 5.73 Å². The van der Waals surface area contributed by atoms with Crippen molar-refractivity contribution in [3.8, 4) is 0 Å². The summed E-state index contributed by atoms with van der Waals surface area (Å²) in [5, 5.41) is 6.34. The summed E-state index contributed by atoms with van der Waals surface area (Å²) in [4.78, 5) is 3.67. The van der Waals surface area contributed by atoms with Gasteiger partial charge in [-0.1, -0.05) is 6.07 Å². The molecule has 5 heteroatoms. The Morgan fingerprint density at radius 2 is 2.33 bits per heavy atom. The molecule has 0 saturated heterocycles. The van der Waals surface area contributed by atoms with Crippen LogP contribution in [0.25, 0.3) is 0 Å². The molecule has 2 rings (SSSR count). The lowest BCUT2D eigenvalue weighted by Crippen LogP contribution is -2.32. The highest BCUT2D eigenvalue weighted by atomic mass is 32.1. The van der Waals surface area contributed by atoms with Gasteiger partial charge in [0.05, 0.1) is 12.2 Å². The SMILES string of the molecule is CC(c1cccs1)N(C)C(CN)c1cnn(C)c1. The Morgan fingerprint density at radius 1 is 1.56 bits per heavy atom. The van der Waals surface area contributed by atoms with Crippen LogP contribution in [-0.4, -0.2) is 28.3 Å². The van der Waals surface area contributed by atoms with Crippen LogP contribution in [0.15, 0.2) is 29.9 Å². The topological polar surface area (TPSA) is 47.1 Å². The number of hydrogen-bond acceptors (Lipinski definition) is 4. The lowest BCUT2D eigenvalue weighted by molar-refractivity contribution is 0.193. The number of nitrogens with two attached hydrogens (primary N) is 1. The van der Waals surface area contributed by atoms with Crippen molar-refractivity contribution in [1.82, 2.24) is 14.7 Å². The summed E-state index contributed by atoms with van der Waals surface area (Å²) in [6.07, 6.45) is 3.93. The maximum absolute atomic E-state index is 5.93. The molecule has 2 N–H and O–H groups in total. The minimum atomic E-state index is 0.204. The Hall–Kier alpha value is -1.17. The van der Waals surface area contributed by atoms with Crippen molar-refractivity contribution in [1.29, 1.82) is 0 Å². The van der Waals surface area contributed by atoms with E-state index in [1.165, 1.54) is 10.4 Å². The van der Waals surface area contributed by atoms with Crippen LogP contribution in [-0.2, 0) is 7.05 Å². The third-order valence-corrected chi connectivity index (χ3v) is 4.43. The van der Waals surface area contributed by atoms with Crippen molar-refractivity contribution in [3.05, 3.63) is 40.3 Å². The number of aryl methyl sites for hydroxylation is 1. The summed E-state index contributed by atoms with van der Waals surface area (Å²) in [6, 6.07) is 4.82. The molecule has 2 aromatic heterocycles. The fraction of sp³-hybridized carbons (Fsp3) is 0.462. The maximum Gasteiger partial charge on any atom is 0.0538 e. The van der Waals surface area contributed by atoms with E-state index in [-0.39, 0.29) is 6.04 Å². The standard InChI is InChI=1S/C13H20N4S/c1-10(13-5-4-6-18-13)17(3)12(7-14)11-8-15-16(2)9-11/h4-6,8-10,12H,7,14H2,1-3H3. The van der Waals surface area contributed by atoms with Crippen LogP contribution in [0.1, 0.15) is 29.4 Å². The van der Waals surface area contributed by atoms with E-state index in [0.717, 1.165) is 0 Å². The van der Waals surface area contributed by atoms with Gasteiger partial charge in [-0.25, -0.2) is 0 Å². The second-order valence-electron chi connectivity index (χ2n) is 4.56. The van der Waals surface area contributed by atoms with E-state index in [9.17, 15) is 0 Å². The van der Waals surface area contributed by atoms with E-state index in [0.29, 0.717) is 12.6 Å². The maximum atomic E-state index is 5.93. The predicted octanol–water partition coefficient (Wildman–Crippen LogP) is 2.17. The first-order valence-electron chi connectivity index (χ1n) is 6.07. The minimum Gasteiger partial charge on any atom is -0.329 e.